The standard InChI is InChI=1S/C20H44N.CNS/c1-5-9-11-13-15-17-19-21(7-3,8-4)20-18-16-14-12-10-6-2;2-1-3/h5-20H2,1-4H3;/q+1;-1. The van der Waals surface area contributed by atoms with Gasteiger partial charge in [0.05, 0.1) is 26.2 Å². The fourth-order valence-electron chi connectivity index (χ4n) is 3.42. The molecule has 0 aromatic carbocycles. The first-order chi connectivity index (χ1) is 11.7. The summed E-state index contributed by atoms with van der Waals surface area (Å²) in [5.41, 5.74) is 0. The molecule has 0 saturated heterocycles. The molecule has 0 unspecified atom stereocenters. The molecule has 2 nitrogen and oxygen atoms in total. The first-order valence-electron chi connectivity index (χ1n) is 10.5. The highest BCUT2D eigenvalue weighted by atomic mass is 32.1. The molecule has 0 aromatic rings. The van der Waals surface area contributed by atoms with Gasteiger partial charge in [0.25, 0.3) is 0 Å². The smallest absolute Gasteiger partial charge is 0.0786 e. The van der Waals surface area contributed by atoms with Crippen LogP contribution >= 0.6 is 12.2 Å². The van der Waals surface area contributed by atoms with Crippen LogP contribution in [0, 0.1) is 0 Å². The van der Waals surface area contributed by atoms with Crippen molar-refractivity contribution in [3.63, 3.8) is 0 Å². The first-order valence-corrected chi connectivity index (χ1v) is 10.9. The van der Waals surface area contributed by atoms with Crippen molar-refractivity contribution >= 4 is 17.4 Å². The predicted molar refractivity (Wildman–Crippen MR) is 114 cm³/mol. The maximum atomic E-state index is 7.13. The number of nitrogens with zero attached hydrogens (tertiary/aromatic N) is 2. The fourth-order valence-corrected chi connectivity index (χ4v) is 3.42. The van der Waals surface area contributed by atoms with Crippen LogP contribution in [-0.2, 0) is 0 Å². The lowest BCUT2D eigenvalue weighted by Gasteiger charge is -2.37. The average molecular weight is 357 g/mol. The summed E-state index contributed by atoms with van der Waals surface area (Å²) in [7, 11) is 0. The first kappa shape index (κ1) is 26.0. The van der Waals surface area contributed by atoms with E-state index in [4.69, 9.17) is 5.41 Å². The highest BCUT2D eigenvalue weighted by Crippen LogP contribution is 2.15. The molecule has 0 amide bonds. The molecule has 0 radical (unpaired) electrons. The van der Waals surface area contributed by atoms with Crippen molar-refractivity contribution in [3.8, 4) is 0 Å². The monoisotopic (exact) mass is 356 g/mol. The van der Waals surface area contributed by atoms with Crippen LogP contribution in [0.4, 0.5) is 0 Å². The number of hydrogen-bond donors (Lipinski definition) is 0. The molecule has 0 atom stereocenters. The van der Waals surface area contributed by atoms with E-state index in [2.05, 4.69) is 39.9 Å². The molecule has 0 spiro atoms. The van der Waals surface area contributed by atoms with E-state index < -0.39 is 0 Å². The summed E-state index contributed by atoms with van der Waals surface area (Å²) >= 11 is 3.70. The van der Waals surface area contributed by atoms with Crippen LogP contribution in [0.15, 0.2) is 0 Å². The number of thiocarbonyl (C=S) groups is 1. The van der Waals surface area contributed by atoms with Crippen LogP contribution in [-0.4, -0.2) is 35.8 Å². The Labute approximate surface area is 158 Å². The molecule has 0 aromatic heterocycles. The average Bonchev–Trinajstić information content (AvgIpc) is 2.60. The second-order valence-corrected chi connectivity index (χ2v) is 7.23. The molecule has 0 N–H and O–H groups in total. The highest BCUT2D eigenvalue weighted by Gasteiger charge is 2.21. The van der Waals surface area contributed by atoms with Crippen molar-refractivity contribution in [2.45, 2.75) is 105 Å². The third kappa shape index (κ3) is 16.6. The Balaban J connectivity index is 0. The molecule has 0 fully saturated rings. The van der Waals surface area contributed by atoms with E-state index in [9.17, 15) is 0 Å². The zero-order chi connectivity index (χ0) is 18.5. The minimum Gasteiger partial charge on any atom is -0.753 e. The van der Waals surface area contributed by atoms with Crippen molar-refractivity contribution in [2.75, 3.05) is 26.2 Å². The summed E-state index contributed by atoms with van der Waals surface area (Å²) in [6, 6.07) is 0. The van der Waals surface area contributed by atoms with Crippen LogP contribution < -0.4 is 0 Å². The van der Waals surface area contributed by atoms with Crippen LogP contribution in [0.2, 0.25) is 0 Å². The van der Waals surface area contributed by atoms with Gasteiger partial charge in [0, 0.05) is 0 Å². The molecule has 0 aliphatic rings. The molecule has 0 rings (SSSR count). The van der Waals surface area contributed by atoms with E-state index in [1.54, 1.807) is 0 Å². The summed E-state index contributed by atoms with van der Waals surface area (Å²) in [5.74, 6) is 0. The largest absolute Gasteiger partial charge is 0.753 e. The Morgan fingerprint density at radius 1 is 0.625 bits per heavy atom. The molecule has 0 heterocycles. The summed E-state index contributed by atoms with van der Waals surface area (Å²) in [6.07, 6.45) is 17.2. The van der Waals surface area contributed by atoms with Crippen LogP contribution in [0.25, 0.3) is 5.41 Å². The van der Waals surface area contributed by atoms with Crippen molar-refractivity contribution in [1.29, 1.82) is 0 Å². The van der Waals surface area contributed by atoms with Gasteiger partial charge in [-0.05, 0) is 39.5 Å². The van der Waals surface area contributed by atoms with Gasteiger partial charge in [0.2, 0.25) is 0 Å². The third-order valence-corrected chi connectivity index (χ3v) is 5.31. The Kier molecular flexibility index (Phi) is 22.5. The van der Waals surface area contributed by atoms with Gasteiger partial charge in [-0.25, -0.2) is 0 Å². The van der Waals surface area contributed by atoms with Crippen LogP contribution in [0.3, 0.4) is 0 Å². The number of quaternary nitrogens is 1. The van der Waals surface area contributed by atoms with Crippen molar-refractivity contribution in [3.05, 3.63) is 5.41 Å². The van der Waals surface area contributed by atoms with Gasteiger partial charge in [0.15, 0.2) is 0 Å². The molecule has 0 aliphatic carbocycles. The number of rotatable bonds is 16. The minimum atomic E-state index is 1.33. The summed E-state index contributed by atoms with van der Waals surface area (Å²) in [4.78, 5) is 0. The molecule has 0 bridgehead atoms. The van der Waals surface area contributed by atoms with Gasteiger partial charge in [-0.3, -0.25) is 0 Å². The number of isothiocyanates is 1. The Hall–Kier alpha value is -0.240. The van der Waals surface area contributed by atoms with Gasteiger partial charge in [-0.2, -0.15) is 5.16 Å². The van der Waals surface area contributed by atoms with E-state index in [0.29, 0.717) is 0 Å². The van der Waals surface area contributed by atoms with E-state index in [1.165, 1.54) is 113 Å². The molecular weight excluding hydrogens is 312 g/mol. The third-order valence-electron chi connectivity index (χ3n) is 5.31. The fraction of sp³-hybridized carbons (Fsp3) is 0.952. The van der Waals surface area contributed by atoms with Gasteiger partial charge < -0.3 is 9.89 Å². The van der Waals surface area contributed by atoms with Gasteiger partial charge >= 0.3 is 0 Å². The van der Waals surface area contributed by atoms with Gasteiger partial charge in [0.1, 0.15) is 0 Å². The quantitative estimate of drug-likeness (QED) is 0.124. The van der Waals surface area contributed by atoms with Gasteiger partial charge in [-0.15, -0.1) is 0 Å². The number of hydrogen-bond acceptors (Lipinski definition) is 1. The lowest BCUT2D eigenvalue weighted by molar-refractivity contribution is -0.925. The normalized spacial score (nSPS) is 10.8. The maximum Gasteiger partial charge on any atom is 0.0786 e. The zero-order valence-corrected chi connectivity index (χ0v) is 17.9. The SMILES string of the molecule is CCCCCCCC[N+](CC)(CC)CCCCCCCC.[N-]=C=S. The Morgan fingerprint density at radius 2 is 0.917 bits per heavy atom. The van der Waals surface area contributed by atoms with Crippen LogP contribution in [0.5, 0.6) is 0 Å². The summed E-state index contributed by atoms with van der Waals surface area (Å²) in [5, 5.41) is 8.47. The van der Waals surface area contributed by atoms with E-state index in [-0.39, 0.29) is 0 Å². The topological polar surface area (TPSA) is 22.3 Å². The lowest BCUT2D eigenvalue weighted by Crippen LogP contribution is -2.49. The second kappa shape index (κ2) is 20.8. The zero-order valence-electron chi connectivity index (χ0n) is 17.1. The van der Waals surface area contributed by atoms with Crippen molar-refractivity contribution in [2.24, 2.45) is 0 Å². The van der Waals surface area contributed by atoms with Crippen molar-refractivity contribution in [1.82, 2.24) is 0 Å². The van der Waals surface area contributed by atoms with E-state index in [0.717, 1.165) is 0 Å². The second-order valence-electron chi connectivity index (χ2n) is 7.05. The maximum absolute atomic E-state index is 7.13. The summed E-state index contributed by atoms with van der Waals surface area (Å²) in [6.45, 7) is 14.9. The number of unbranched alkanes of at least 4 members (excludes halogenated alkanes) is 10. The van der Waals surface area contributed by atoms with Crippen molar-refractivity contribution < 1.29 is 4.48 Å². The molecule has 3 heteroatoms. The van der Waals surface area contributed by atoms with E-state index in [1.807, 2.05) is 0 Å². The highest BCUT2D eigenvalue weighted by molar-refractivity contribution is 7.78. The van der Waals surface area contributed by atoms with Crippen LogP contribution in [0.1, 0.15) is 105 Å². The predicted octanol–water partition coefficient (Wildman–Crippen LogP) is 7.22. The Morgan fingerprint density at radius 3 is 1.21 bits per heavy atom. The van der Waals surface area contributed by atoms with Gasteiger partial charge in [-0.1, -0.05) is 77.4 Å². The molecular formula is C21H44N2S. The molecule has 144 valence electrons. The summed E-state index contributed by atoms with van der Waals surface area (Å²) < 4.78 is 1.38. The molecule has 24 heavy (non-hydrogen) atoms. The lowest BCUT2D eigenvalue weighted by atomic mass is 10.1. The minimum absolute atomic E-state index is 1.33. The van der Waals surface area contributed by atoms with E-state index >= 15 is 0 Å². The Bertz CT molecular complexity index is 251. The molecule has 0 aliphatic heterocycles. The molecule has 0 saturated carbocycles.